The van der Waals surface area contributed by atoms with E-state index in [-0.39, 0.29) is 18.6 Å². The molecule has 29 heavy (non-hydrogen) atoms. The smallest absolute Gasteiger partial charge is 0.329 e. The number of fused-ring (bicyclic) bond motifs is 1. The standard InChI is InChI=1S/C22H19ClN2O4/c1-2-11-29-22(28)19(25-21(27)14-7-9-16(23)10-8-14)12-15-13-20(26)24-18-6-4-3-5-17(15)18/h2-10,13,19H,1,11-12H2,(H,24,26)(H,25,27). The van der Waals surface area contributed by atoms with Gasteiger partial charge in [-0.25, -0.2) is 4.79 Å². The summed E-state index contributed by atoms with van der Waals surface area (Å²) in [5.74, 6) is -1.06. The van der Waals surface area contributed by atoms with Crippen LogP contribution in [-0.2, 0) is 16.0 Å². The Kier molecular flexibility index (Phi) is 6.46. The average Bonchev–Trinajstić information content (AvgIpc) is 2.71. The third-order valence-corrected chi connectivity index (χ3v) is 4.55. The summed E-state index contributed by atoms with van der Waals surface area (Å²) >= 11 is 5.86. The predicted octanol–water partition coefficient (Wildman–Crippen LogP) is 3.25. The van der Waals surface area contributed by atoms with Crippen molar-refractivity contribution in [2.45, 2.75) is 12.5 Å². The lowest BCUT2D eigenvalue weighted by molar-refractivity contribution is -0.144. The van der Waals surface area contributed by atoms with Crippen LogP contribution in [0, 0.1) is 0 Å². The number of aromatic nitrogens is 1. The molecule has 3 rings (SSSR count). The average molecular weight is 411 g/mol. The lowest BCUT2D eigenvalue weighted by Gasteiger charge is -2.18. The Balaban J connectivity index is 1.91. The van der Waals surface area contributed by atoms with E-state index in [4.69, 9.17) is 16.3 Å². The number of aromatic amines is 1. The number of H-pyrrole nitrogens is 1. The number of ether oxygens (including phenoxy) is 1. The van der Waals surface area contributed by atoms with Gasteiger partial charge >= 0.3 is 5.97 Å². The van der Waals surface area contributed by atoms with Crippen molar-refractivity contribution in [3.63, 3.8) is 0 Å². The van der Waals surface area contributed by atoms with Gasteiger partial charge in [0.25, 0.3) is 5.91 Å². The second-order valence-corrected chi connectivity index (χ2v) is 6.80. The minimum atomic E-state index is -0.983. The normalized spacial score (nSPS) is 11.6. The Labute approximate surface area is 172 Å². The van der Waals surface area contributed by atoms with Gasteiger partial charge in [-0.2, -0.15) is 0 Å². The van der Waals surface area contributed by atoms with Crippen molar-refractivity contribution in [1.82, 2.24) is 10.3 Å². The molecular weight excluding hydrogens is 392 g/mol. The molecule has 2 N–H and O–H groups in total. The third kappa shape index (κ3) is 5.12. The molecule has 0 bridgehead atoms. The summed E-state index contributed by atoms with van der Waals surface area (Å²) in [7, 11) is 0. The first-order valence-corrected chi connectivity index (χ1v) is 9.30. The van der Waals surface area contributed by atoms with Gasteiger partial charge in [-0.3, -0.25) is 9.59 Å². The molecule has 0 radical (unpaired) electrons. The predicted molar refractivity (Wildman–Crippen MR) is 112 cm³/mol. The number of halogens is 1. The molecule has 6 nitrogen and oxygen atoms in total. The van der Waals surface area contributed by atoms with Crippen molar-refractivity contribution in [3.05, 3.63) is 93.8 Å². The molecule has 7 heteroatoms. The molecule has 0 aliphatic heterocycles. The summed E-state index contributed by atoms with van der Waals surface area (Å²) in [6, 6.07) is 14.0. The zero-order chi connectivity index (χ0) is 20.8. The maximum atomic E-state index is 12.6. The Morgan fingerprint density at radius 2 is 1.90 bits per heavy atom. The second kappa shape index (κ2) is 9.21. The molecule has 1 aromatic heterocycles. The van der Waals surface area contributed by atoms with Gasteiger partial charge < -0.3 is 15.0 Å². The van der Waals surface area contributed by atoms with E-state index < -0.39 is 17.9 Å². The maximum Gasteiger partial charge on any atom is 0.329 e. The van der Waals surface area contributed by atoms with Gasteiger partial charge in [-0.1, -0.05) is 42.5 Å². The van der Waals surface area contributed by atoms with E-state index in [1.54, 1.807) is 36.4 Å². The third-order valence-electron chi connectivity index (χ3n) is 4.30. The van der Waals surface area contributed by atoms with Crippen LogP contribution in [0.5, 0.6) is 0 Å². The first-order valence-electron chi connectivity index (χ1n) is 8.93. The monoisotopic (exact) mass is 410 g/mol. The van der Waals surface area contributed by atoms with Gasteiger partial charge in [0.15, 0.2) is 0 Å². The highest BCUT2D eigenvalue weighted by atomic mass is 35.5. The highest BCUT2D eigenvalue weighted by Crippen LogP contribution is 2.17. The number of pyridine rings is 1. The Morgan fingerprint density at radius 3 is 2.62 bits per heavy atom. The van der Waals surface area contributed by atoms with Crippen LogP contribution < -0.4 is 10.9 Å². The number of esters is 1. The van der Waals surface area contributed by atoms with E-state index in [2.05, 4.69) is 16.9 Å². The quantitative estimate of drug-likeness (QED) is 0.462. The topological polar surface area (TPSA) is 88.3 Å². The number of hydrogen-bond donors (Lipinski definition) is 2. The molecule has 0 spiro atoms. The van der Waals surface area contributed by atoms with Crippen LogP contribution in [0.1, 0.15) is 15.9 Å². The van der Waals surface area contributed by atoms with Crippen LogP contribution >= 0.6 is 11.6 Å². The largest absolute Gasteiger partial charge is 0.460 e. The van der Waals surface area contributed by atoms with Crippen molar-refractivity contribution in [1.29, 1.82) is 0 Å². The van der Waals surface area contributed by atoms with Gasteiger partial charge in [0, 0.05) is 34.0 Å². The Hall–Kier alpha value is -3.38. The summed E-state index contributed by atoms with van der Waals surface area (Å²) < 4.78 is 5.14. The van der Waals surface area contributed by atoms with E-state index in [0.717, 1.165) is 5.39 Å². The molecule has 0 fully saturated rings. The molecule has 0 saturated heterocycles. The van der Waals surface area contributed by atoms with Crippen LogP contribution in [0.3, 0.4) is 0 Å². The molecule has 0 aliphatic carbocycles. The highest BCUT2D eigenvalue weighted by Gasteiger charge is 2.24. The van der Waals surface area contributed by atoms with Crippen molar-refractivity contribution >= 4 is 34.4 Å². The maximum absolute atomic E-state index is 12.6. The fourth-order valence-electron chi connectivity index (χ4n) is 2.94. The Morgan fingerprint density at radius 1 is 1.17 bits per heavy atom. The van der Waals surface area contributed by atoms with Gasteiger partial charge in [-0.05, 0) is 35.9 Å². The van der Waals surface area contributed by atoms with E-state index in [9.17, 15) is 14.4 Å². The van der Waals surface area contributed by atoms with Crippen LogP contribution in [0.2, 0.25) is 5.02 Å². The molecule has 0 saturated carbocycles. The Bertz CT molecular complexity index is 1110. The van der Waals surface area contributed by atoms with Crippen molar-refractivity contribution in [2.75, 3.05) is 6.61 Å². The number of para-hydroxylation sites is 1. The first-order chi connectivity index (χ1) is 14.0. The van der Waals surface area contributed by atoms with E-state index in [1.165, 1.54) is 12.1 Å². The molecule has 3 aromatic rings. The number of benzene rings is 2. The highest BCUT2D eigenvalue weighted by molar-refractivity contribution is 6.30. The summed E-state index contributed by atoms with van der Waals surface area (Å²) in [5, 5.41) is 3.98. The number of carbonyl (C=O) groups excluding carboxylic acids is 2. The minimum Gasteiger partial charge on any atom is -0.460 e. The summed E-state index contributed by atoms with van der Waals surface area (Å²) in [5.41, 5.74) is 1.34. The van der Waals surface area contributed by atoms with Crippen LogP contribution in [0.15, 0.2) is 72.0 Å². The van der Waals surface area contributed by atoms with Gasteiger partial charge in [0.1, 0.15) is 12.6 Å². The number of amides is 1. The number of nitrogens with one attached hydrogen (secondary N) is 2. The number of hydrogen-bond acceptors (Lipinski definition) is 4. The molecule has 1 unspecified atom stereocenters. The van der Waals surface area contributed by atoms with Gasteiger partial charge in [0.2, 0.25) is 5.56 Å². The minimum absolute atomic E-state index is 0.0161. The molecule has 2 aromatic carbocycles. The van der Waals surface area contributed by atoms with Crippen molar-refractivity contribution in [3.8, 4) is 0 Å². The zero-order valence-electron chi connectivity index (χ0n) is 15.5. The van der Waals surface area contributed by atoms with Gasteiger partial charge in [0.05, 0.1) is 0 Å². The number of carbonyl (C=O) groups is 2. The fourth-order valence-corrected chi connectivity index (χ4v) is 3.07. The molecule has 148 valence electrons. The summed E-state index contributed by atoms with van der Waals surface area (Å²) in [6.07, 6.45) is 1.54. The fraction of sp³-hybridized carbons (Fsp3) is 0.136. The van der Waals surface area contributed by atoms with E-state index in [0.29, 0.717) is 21.7 Å². The lowest BCUT2D eigenvalue weighted by atomic mass is 10.0. The van der Waals surface area contributed by atoms with Crippen LogP contribution in [-0.4, -0.2) is 29.5 Å². The van der Waals surface area contributed by atoms with Crippen LogP contribution in [0.4, 0.5) is 0 Å². The molecule has 0 aliphatic rings. The van der Waals surface area contributed by atoms with E-state index in [1.807, 2.05) is 12.1 Å². The number of rotatable bonds is 7. The molecular formula is C22H19ClN2O4. The van der Waals surface area contributed by atoms with Gasteiger partial charge in [-0.15, -0.1) is 0 Å². The molecule has 1 atom stereocenters. The van der Waals surface area contributed by atoms with Crippen LogP contribution in [0.25, 0.3) is 10.9 Å². The SMILES string of the molecule is C=CCOC(=O)C(Cc1cc(=O)[nH]c2ccccc12)NC(=O)c1ccc(Cl)cc1. The van der Waals surface area contributed by atoms with Crippen molar-refractivity contribution in [2.24, 2.45) is 0 Å². The van der Waals surface area contributed by atoms with Crippen molar-refractivity contribution < 1.29 is 14.3 Å². The summed E-state index contributed by atoms with van der Waals surface area (Å²) in [6.45, 7) is 3.54. The molecule has 1 heterocycles. The van der Waals surface area contributed by atoms with E-state index >= 15 is 0 Å². The first kappa shape index (κ1) is 20.4. The lowest BCUT2D eigenvalue weighted by Crippen LogP contribution is -2.43. The molecule has 1 amide bonds. The summed E-state index contributed by atoms with van der Waals surface area (Å²) in [4.78, 5) is 39.9. The zero-order valence-corrected chi connectivity index (χ0v) is 16.2. The second-order valence-electron chi connectivity index (χ2n) is 6.36.